The minimum atomic E-state index is -0.479. The van der Waals surface area contributed by atoms with Gasteiger partial charge in [0.25, 0.3) is 17.3 Å². The van der Waals surface area contributed by atoms with Crippen molar-refractivity contribution in [3.05, 3.63) is 317 Å². The Morgan fingerprint density at radius 2 is 0.898 bits per heavy atom. The summed E-state index contributed by atoms with van der Waals surface area (Å²) in [6.45, 7) is 14.6. The molecule has 11 rings (SSSR count). The molecular weight excluding hydrogens is 1270 g/mol. The number of nitrogens with one attached hydrogen (secondary N) is 1. The zero-order valence-electron chi connectivity index (χ0n) is 53.8. The Balaban J connectivity index is 0.000000173. The van der Waals surface area contributed by atoms with Gasteiger partial charge in [0.05, 0.1) is 55.1 Å². The summed E-state index contributed by atoms with van der Waals surface area (Å²) in [5, 5.41) is 93.4. The van der Waals surface area contributed by atoms with Crippen molar-refractivity contribution in [1.29, 1.82) is 27.0 Å². The number of carbonyl (C=O) groups is 3. The third-order valence-electron chi connectivity index (χ3n) is 14.6. The van der Waals surface area contributed by atoms with Gasteiger partial charge >= 0.3 is 28.4 Å². The summed E-state index contributed by atoms with van der Waals surface area (Å²) in [7, 11) is 0. The highest BCUT2D eigenvalue weighted by atomic mass is 35.5. The number of nitro groups is 2. The minimum absolute atomic E-state index is 0.00915. The topological polar surface area (TPSA) is 364 Å². The Kier molecular flexibility index (Phi) is 24.4. The molecule has 26 nitrogen and oxygen atoms in total. The zero-order valence-corrected chi connectivity index (χ0v) is 54.5. The second-order valence-corrected chi connectivity index (χ2v) is 22.0. The summed E-state index contributed by atoms with van der Waals surface area (Å²) in [6, 6.07) is 53.9. The molecule has 0 fully saturated rings. The van der Waals surface area contributed by atoms with Crippen molar-refractivity contribution in [3.8, 4) is 0 Å². The van der Waals surface area contributed by atoms with Crippen LogP contribution >= 0.6 is 11.6 Å². The van der Waals surface area contributed by atoms with E-state index < -0.39 is 9.85 Å². The summed E-state index contributed by atoms with van der Waals surface area (Å²) in [6.07, 6.45) is 0. The molecule has 1 amide bonds. The van der Waals surface area contributed by atoms with E-state index >= 15 is 0 Å². The number of nitro benzene ring substituents is 2. The second-order valence-electron chi connectivity index (χ2n) is 21.6. The number of hydrogen-bond acceptors (Lipinski definition) is 18. The predicted molar refractivity (Wildman–Crippen MR) is 372 cm³/mol. The first kappa shape index (κ1) is 71.4. The number of benzene rings is 10. The van der Waals surface area contributed by atoms with Crippen molar-refractivity contribution >= 4 is 109 Å². The van der Waals surface area contributed by atoms with Gasteiger partial charge in [-0.1, -0.05) is 84.4 Å². The van der Waals surface area contributed by atoms with Gasteiger partial charge in [-0.25, -0.2) is 0 Å². The van der Waals surface area contributed by atoms with E-state index in [1.54, 1.807) is 150 Å². The molecule has 0 aliphatic heterocycles. The Labute approximate surface area is 565 Å². The minimum Gasteiger partial charge on any atom is -0.321 e. The van der Waals surface area contributed by atoms with E-state index in [1.807, 2.05) is 57.2 Å². The first-order valence-electron chi connectivity index (χ1n) is 29.4. The van der Waals surface area contributed by atoms with Crippen molar-refractivity contribution in [3.63, 3.8) is 0 Å². The van der Waals surface area contributed by atoms with E-state index in [2.05, 4.69) is 60.9 Å². The highest BCUT2D eigenvalue weighted by Gasteiger charge is 2.35. The number of fused-ring (bicyclic) bond motifs is 2. The van der Waals surface area contributed by atoms with Crippen LogP contribution in [0.2, 0.25) is 5.02 Å². The molecule has 1 N–H and O–H groups in total. The maximum absolute atomic E-state index is 12.3. The van der Waals surface area contributed by atoms with E-state index in [-0.39, 0.29) is 51.4 Å². The molecule has 1 aliphatic carbocycles. The molecule has 0 spiro atoms. The van der Waals surface area contributed by atoms with E-state index in [1.165, 1.54) is 42.5 Å². The van der Waals surface area contributed by atoms with Crippen molar-refractivity contribution in [2.45, 2.75) is 55.4 Å². The molecule has 0 saturated carbocycles. The number of azo groups is 3. The van der Waals surface area contributed by atoms with Crippen molar-refractivity contribution in [2.24, 2.45) is 30.7 Å². The lowest BCUT2D eigenvalue weighted by Crippen LogP contribution is -2.20. The van der Waals surface area contributed by atoms with Crippen LogP contribution < -0.4 is 5.32 Å². The summed E-state index contributed by atoms with van der Waals surface area (Å²) >= 11 is 6.03. The highest BCUT2D eigenvalue weighted by molar-refractivity contribution is 6.34. The van der Waals surface area contributed by atoms with Crippen LogP contribution in [0.25, 0.3) is 24.9 Å². The number of rotatable bonds is 10. The van der Waals surface area contributed by atoms with Gasteiger partial charge in [-0.15, -0.1) is 5.11 Å². The van der Waals surface area contributed by atoms with Gasteiger partial charge in [-0.2, -0.15) is 25.6 Å². The average molecular weight is 1320 g/mol. The lowest BCUT2D eigenvalue weighted by Gasteiger charge is -2.14. The molecule has 0 atom stereocenters. The maximum atomic E-state index is 12.3. The van der Waals surface area contributed by atoms with Gasteiger partial charge in [-0.3, -0.25) is 34.6 Å². The number of amides is 1. The number of hydrogen-bond donors (Lipinski definition) is 1. The summed E-state index contributed by atoms with van der Waals surface area (Å²) in [5.41, 5.74) is 14.2. The first-order chi connectivity index (χ1) is 47.0. The molecule has 10 aromatic rings. The lowest BCUT2D eigenvalue weighted by molar-refractivity contribution is -0.384. The number of anilines is 1. The summed E-state index contributed by atoms with van der Waals surface area (Å²) in [5.74, 6) is -0.741. The molecule has 1 aliphatic rings. The molecule has 0 aromatic heterocycles. The van der Waals surface area contributed by atoms with E-state index in [4.69, 9.17) is 38.6 Å². The third-order valence-corrected chi connectivity index (χ3v) is 14.9. The predicted octanol–water partition coefficient (Wildman–Crippen LogP) is 23.1. The molecule has 98 heavy (non-hydrogen) atoms. The van der Waals surface area contributed by atoms with E-state index in [0.717, 1.165) is 55.9 Å². The number of halogens is 1. The first-order valence-corrected chi connectivity index (χ1v) is 29.7. The number of carbonyl (C=O) groups excluding carboxylic acids is 3. The van der Waals surface area contributed by atoms with Crippen LogP contribution in [0.3, 0.4) is 0 Å². The zero-order chi connectivity index (χ0) is 71.2. The maximum Gasteiger partial charge on any atom is 0.396 e. The van der Waals surface area contributed by atoms with Crippen molar-refractivity contribution in [2.75, 3.05) is 5.32 Å². The standard InChI is InChI=1S/C15H14N5O2.C14H10ClN3O.C14H12N5O2.C14H13N4.C14H7N2O2/c1-9-4-5-12(15(6-9)20(21)22)18-19-14-8-10(2)13(17-16)7-11(14)3;1-9-7-13(11(15)8-12(9)18-16)17-14(19)10-5-3-2-4-6-10;1-9-8-14(10(2)7-13(9)16-15)18-17-11-3-5-12(6-4-11)19(20)21;1-10-5-3-4-6-14(10)18-17-12-7-8-13(16-15)11(2)9-12;15-16-11-7-3-6-10-12(11)14(18)9-5-2-1-4-8(9)13(10)17/h4-8H,1-3H3;2-8H,1H3;3-8H,1-2H3;3-9H,1-2H3;1-7H/q+1;;3*+1/p+1. The highest BCUT2D eigenvalue weighted by Crippen LogP contribution is 2.37. The van der Waals surface area contributed by atoms with Crippen molar-refractivity contribution < 1.29 is 24.2 Å². The smallest absolute Gasteiger partial charge is 0.321 e. The van der Waals surface area contributed by atoms with Gasteiger partial charge in [0.2, 0.25) is 32.7 Å². The largest absolute Gasteiger partial charge is 0.396 e. The second kappa shape index (κ2) is 33.5. The molecule has 0 heterocycles. The Morgan fingerprint density at radius 3 is 1.47 bits per heavy atom. The number of non-ortho nitro benzene ring substituents is 1. The molecule has 0 unspecified atom stereocenters. The normalized spacial score (nSPS) is 10.8. The molecule has 480 valence electrons. The fraction of sp³-hybridized carbons (Fsp3) is 0.113. The van der Waals surface area contributed by atoms with Gasteiger partial charge in [0.1, 0.15) is 5.56 Å². The Bertz CT molecular complexity index is 5100. The molecule has 0 radical (unpaired) electrons. The van der Waals surface area contributed by atoms with Crippen LogP contribution in [0.5, 0.6) is 0 Å². The van der Waals surface area contributed by atoms with Crippen LogP contribution in [0.1, 0.15) is 86.7 Å². The van der Waals surface area contributed by atoms with Gasteiger partial charge in [-0.05, 0) is 150 Å². The van der Waals surface area contributed by atoms with Crippen LogP contribution in [0.15, 0.2) is 225 Å². The number of diazo groups is 5. The van der Waals surface area contributed by atoms with Gasteiger partial charge in [0, 0.05) is 87.0 Å². The Hall–Kier alpha value is -14.0. The number of ketones is 2. The van der Waals surface area contributed by atoms with Crippen molar-refractivity contribution in [1.82, 2.24) is 0 Å². The van der Waals surface area contributed by atoms with E-state index in [9.17, 15) is 34.6 Å². The van der Waals surface area contributed by atoms with Crippen LogP contribution in [0.4, 0.5) is 79.6 Å². The monoisotopic (exact) mass is 1320 g/mol. The SMILES string of the molecule is Cc1cc(NC(=O)c2ccccc2)c(Cl)cc1[N+]#N.Cc1cc([N+]#N)c(C)cc1N=Nc1ccc([N+](=O)[O-])cc1.Cc1ccc(N=Nc2cc(C)c([N+]#N)cc2C)c([N+](=O)[O-])c1.Cc1ccccc1N=Nc1ccc([N+]#N)c(C)c1.N#[N+]c1cccc2c1C(=O)c1ccccc1C2=O. The summed E-state index contributed by atoms with van der Waals surface area (Å²) in [4.78, 5) is 72.9. The molecular formula is C71H57ClN19O7+5. The van der Waals surface area contributed by atoms with Crippen LogP contribution in [0, 0.1) is 103 Å². The fourth-order valence-corrected chi connectivity index (χ4v) is 9.40. The van der Waals surface area contributed by atoms with Crippen LogP contribution in [-0.4, -0.2) is 27.3 Å². The molecule has 10 aromatic carbocycles. The Morgan fingerprint density at radius 1 is 0.408 bits per heavy atom. The van der Waals surface area contributed by atoms with Gasteiger partial charge < -0.3 is 5.32 Å². The van der Waals surface area contributed by atoms with Crippen LogP contribution in [-0.2, 0) is 0 Å². The van der Waals surface area contributed by atoms with E-state index in [0.29, 0.717) is 67.2 Å². The number of nitrogens with zero attached hydrogens (tertiary/aromatic N) is 18. The summed E-state index contributed by atoms with van der Waals surface area (Å²) < 4.78 is 0. The fourth-order valence-electron chi connectivity index (χ4n) is 9.20. The quantitative estimate of drug-likeness (QED) is 0.0578. The third kappa shape index (κ3) is 18.4. The average Bonchev–Trinajstić information content (AvgIpc) is 0.756. The number of aryl methyl sites for hydroxylation is 8. The molecule has 0 saturated heterocycles. The molecule has 0 bridgehead atoms. The lowest BCUT2D eigenvalue weighted by atomic mass is 9.83. The van der Waals surface area contributed by atoms with Gasteiger partial charge in [0.15, 0.2) is 36.4 Å². The molecule has 27 heteroatoms.